The first-order valence-electron chi connectivity index (χ1n) is 9.18. The van der Waals surface area contributed by atoms with E-state index >= 15 is 0 Å². The molecule has 3 aromatic carbocycles. The van der Waals surface area contributed by atoms with Crippen LogP contribution in [-0.4, -0.2) is 32.0 Å². The summed E-state index contributed by atoms with van der Waals surface area (Å²) in [6.45, 7) is -0.746. The number of nitro benzene ring substituents is 1. The van der Waals surface area contributed by atoms with Gasteiger partial charge in [-0.2, -0.15) is 5.10 Å². The molecular weight excluding hydrogens is 439 g/mol. The Balaban J connectivity index is 1.82. The van der Waals surface area contributed by atoms with Gasteiger partial charge in [0.1, 0.15) is 12.4 Å². The van der Waals surface area contributed by atoms with E-state index < -0.39 is 33.2 Å². The maximum Gasteiger partial charge on any atom is 0.270 e. The highest BCUT2D eigenvalue weighted by atomic mass is 32.2. The lowest BCUT2D eigenvalue weighted by Crippen LogP contribution is -2.40. The quantitative estimate of drug-likeness (QED) is 0.317. The Morgan fingerprint density at radius 3 is 2.44 bits per heavy atom. The van der Waals surface area contributed by atoms with Gasteiger partial charge < -0.3 is 0 Å². The third-order valence-electron chi connectivity index (χ3n) is 4.22. The van der Waals surface area contributed by atoms with Crippen LogP contribution in [0.3, 0.4) is 0 Å². The van der Waals surface area contributed by atoms with Crippen LogP contribution in [0.1, 0.15) is 5.56 Å². The number of anilines is 1. The van der Waals surface area contributed by atoms with Gasteiger partial charge in [-0.15, -0.1) is 0 Å². The highest BCUT2D eigenvalue weighted by molar-refractivity contribution is 7.92. The van der Waals surface area contributed by atoms with E-state index in [0.29, 0.717) is 9.87 Å². The molecule has 0 heterocycles. The van der Waals surface area contributed by atoms with Crippen LogP contribution < -0.4 is 9.73 Å². The zero-order valence-electron chi connectivity index (χ0n) is 16.5. The summed E-state index contributed by atoms with van der Waals surface area (Å²) in [7, 11) is -4.26. The number of rotatable bonds is 8. The van der Waals surface area contributed by atoms with Crippen molar-refractivity contribution in [1.29, 1.82) is 0 Å². The van der Waals surface area contributed by atoms with Gasteiger partial charge in [-0.3, -0.25) is 19.2 Å². The van der Waals surface area contributed by atoms with Gasteiger partial charge in [0.15, 0.2) is 0 Å². The van der Waals surface area contributed by atoms with E-state index in [2.05, 4.69) is 10.5 Å². The van der Waals surface area contributed by atoms with Crippen molar-refractivity contribution in [3.63, 3.8) is 0 Å². The summed E-state index contributed by atoms with van der Waals surface area (Å²) in [5, 5.41) is 14.5. The van der Waals surface area contributed by atoms with Gasteiger partial charge in [-0.05, 0) is 24.3 Å². The van der Waals surface area contributed by atoms with Crippen molar-refractivity contribution >= 4 is 33.5 Å². The van der Waals surface area contributed by atoms with Crippen molar-refractivity contribution in [2.75, 3.05) is 10.8 Å². The Bertz CT molecular complexity index is 1270. The van der Waals surface area contributed by atoms with E-state index in [0.717, 1.165) is 6.07 Å². The van der Waals surface area contributed by atoms with Gasteiger partial charge in [0.05, 0.1) is 21.7 Å². The molecule has 0 aliphatic carbocycles. The van der Waals surface area contributed by atoms with E-state index in [4.69, 9.17) is 0 Å². The number of halogens is 1. The van der Waals surface area contributed by atoms with Crippen molar-refractivity contribution in [1.82, 2.24) is 5.43 Å². The summed E-state index contributed by atoms with van der Waals surface area (Å²) in [5.74, 6) is -1.66. The predicted octanol–water partition coefficient (Wildman–Crippen LogP) is 3.08. The lowest BCUT2D eigenvalue weighted by molar-refractivity contribution is -0.384. The van der Waals surface area contributed by atoms with Gasteiger partial charge in [0.25, 0.3) is 21.6 Å². The van der Waals surface area contributed by atoms with E-state index in [-0.39, 0.29) is 16.3 Å². The van der Waals surface area contributed by atoms with Gasteiger partial charge in [0.2, 0.25) is 0 Å². The molecule has 1 amide bonds. The Labute approximate surface area is 183 Å². The van der Waals surface area contributed by atoms with Gasteiger partial charge >= 0.3 is 0 Å². The molecule has 164 valence electrons. The average Bonchev–Trinajstić information content (AvgIpc) is 2.79. The fourth-order valence-electron chi connectivity index (χ4n) is 2.74. The van der Waals surface area contributed by atoms with Crippen molar-refractivity contribution in [2.45, 2.75) is 4.90 Å². The van der Waals surface area contributed by atoms with Gasteiger partial charge in [0, 0.05) is 17.7 Å². The predicted molar refractivity (Wildman–Crippen MR) is 116 cm³/mol. The number of hydrogen-bond donors (Lipinski definition) is 1. The maximum absolute atomic E-state index is 14.4. The minimum absolute atomic E-state index is 0.115. The number of hydrazone groups is 1. The largest absolute Gasteiger partial charge is 0.271 e. The molecule has 1 N–H and O–H groups in total. The number of amides is 1. The van der Waals surface area contributed by atoms with Crippen LogP contribution in [-0.2, 0) is 14.8 Å². The van der Waals surface area contributed by atoms with Crippen LogP contribution in [0.15, 0.2) is 88.9 Å². The molecule has 0 saturated heterocycles. The second-order valence-corrected chi connectivity index (χ2v) is 8.28. The molecule has 0 fully saturated rings. The number of nitro groups is 1. The maximum atomic E-state index is 14.4. The molecule has 0 radical (unpaired) electrons. The van der Waals surface area contributed by atoms with E-state index in [9.17, 15) is 27.7 Å². The molecule has 9 nitrogen and oxygen atoms in total. The van der Waals surface area contributed by atoms with Gasteiger partial charge in [-0.1, -0.05) is 42.5 Å². The number of carbonyl (C=O) groups excluding carboxylic acids is 1. The zero-order valence-corrected chi connectivity index (χ0v) is 17.3. The van der Waals surface area contributed by atoms with Crippen molar-refractivity contribution in [2.24, 2.45) is 5.10 Å². The van der Waals surface area contributed by atoms with Crippen LogP contribution in [0.25, 0.3) is 0 Å². The first-order chi connectivity index (χ1) is 15.3. The highest BCUT2D eigenvalue weighted by Crippen LogP contribution is 2.25. The molecule has 0 aromatic heterocycles. The topological polar surface area (TPSA) is 122 Å². The SMILES string of the molecule is O=C(CN(c1ccccc1F)S(=O)(=O)c1ccccc1)N/N=C\c1cccc([N+](=O)[O-])c1. The lowest BCUT2D eigenvalue weighted by atomic mass is 10.2. The smallest absolute Gasteiger partial charge is 0.270 e. The third-order valence-corrected chi connectivity index (χ3v) is 6.00. The molecular formula is C21H17FN4O5S. The van der Waals surface area contributed by atoms with E-state index in [1.54, 1.807) is 6.07 Å². The highest BCUT2D eigenvalue weighted by Gasteiger charge is 2.28. The molecule has 0 atom stereocenters. The number of para-hydroxylation sites is 1. The average molecular weight is 456 g/mol. The fourth-order valence-corrected chi connectivity index (χ4v) is 4.19. The number of nitrogens with zero attached hydrogens (tertiary/aromatic N) is 3. The molecule has 3 rings (SSSR count). The van der Waals surface area contributed by atoms with E-state index in [1.165, 1.54) is 72.9 Å². The number of nitrogens with one attached hydrogen (secondary N) is 1. The van der Waals surface area contributed by atoms with Crippen molar-refractivity contribution in [3.05, 3.63) is 100 Å². The zero-order chi connectivity index (χ0) is 23.1. The Kier molecular flexibility index (Phi) is 6.90. The molecule has 0 bridgehead atoms. The van der Waals surface area contributed by atoms with Crippen LogP contribution in [0, 0.1) is 15.9 Å². The minimum Gasteiger partial charge on any atom is -0.271 e. The minimum atomic E-state index is -4.26. The summed E-state index contributed by atoms with van der Waals surface area (Å²) in [4.78, 5) is 22.6. The fraction of sp³-hybridized carbons (Fsp3) is 0.0476. The summed E-state index contributed by atoms with van der Waals surface area (Å²) in [5.41, 5.74) is 2.05. The third kappa shape index (κ3) is 5.32. The Hall–Kier alpha value is -4.12. The molecule has 0 spiro atoms. The first kappa shape index (κ1) is 22.6. The molecule has 0 saturated carbocycles. The second kappa shape index (κ2) is 9.79. The Morgan fingerprint density at radius 1 is 1.06 bits per heavy atom. The number of hydrogen-bond acceptors (Lipinski definition) is 6. The lowest BCUT2D eigenvalue weighted by Gasteiger charge is -2.24. The van der Waals surface area contributed by atoms with Crippen LogP contribution >= 0.6 is 0 Å². The van der Waals surface area contributed by atoms with Crippen molar-refractivity contribution in [3.8, 4) is 0 Å². The first-order valence-corrected chi connectivity index (χ1v) is 10.6. The standard InChI is InChI=1S/C21H17FN4O5S/c22-19-11-4-5-12-20(19)25(32(30,31)18-9-2-1-3-10-18)15-21(27)24-23-14-16-7-6-8-17(13-16)26(28)29/h1-14H,15H2,(H,24,27)/b23-14-. The van der Waals surface area contributed by atoms with Crippen molar-refractivity contribution < 1.29 is 22.5 Å². The van der Waals surface area contributed by atoms with Crippen LogP contribution in [0.5, 0.6) is 0 Å². The van der Waals surface area contributed by atoms with Crippen LogP contribution in [0.4, 0.5) is 15.8 Å². The summed E-state index contributed by atoms with van der Waals surface area (Å²) < 4.78 is 41.2. The molecule has 32 heavy (non-hydrogen) atoms. The number of benzene rings is 3. The monoisotopic (exact) mass is 456 g/mol. The normalized spacial score (nSPS) is 11.3. The van der Waals surface area contributed by atoms with E-state index in [1.807, 2.05) is 0 Å². The molecule has 3 aromatic rings. The van der Waals surface area contributed by atoms with Gasteiger partial charge in [-0.25, -0.2) is 18.2 Å². The number of carbonyl (C=O) groups is 1. The molecule has 11 heteroatoms. The van der Waals surface area contributed by atoms with Crippen LogP contribution in [0.2, 0.25) is 0 Å². The summed E-state index contributed by atoms with van der Waals surface area (Å²) in [6.07, 6.45) is 1.17. The summed E-state index contributed by atoms with van der Waals surface area (Å²) >= 11 is 0. The molecule has 0 aliphatic rings. The summed E-state index contributed by atoms with van der Waals surface area (Å²) in [6, 6.07) is 18.0. The number of sulfonamides is 1. The molecule has 0 aliphatic heterocycles. The number of non-ortho nitro benzene ring substituents is 1. The molecule has 0 unspecified atom stereocenters. The Morgan fingerprint density at radius 2 is 1.75 bits per heavy atom. The second-order valence-electron chi connectivity index (χ2n) is 6.42.